The molecule has 2 N–H and O–H groups in total. The third-order valence-corrected chi connectivity index (χ3v) is 3.71. The Kier molecular flexibility index (Phi) is 3.23. The molecular formula is C10H12BrN3S. The lowest BCUT2D eigenvalue weighted by atomic mass is 10.3. The first kappa shape index (κ1) is 10.9. The van der Waals surface area contributed by atoms with Gasteiger partial charge in [0.25, 0.3) is 0 Å². The number of halogens is 1. The summed E-state index contributed by atoms with van der Waals surface area (Å²) in [4.78, 5) is 1.22. The summed E-state index contributed by atoms with van der Waals surface area (Å²) in [5, 5.41) is 4.41. The van der Waals surface area contributed by atoms with Crippen LogP contribution < -0.4 is 5.73 Å². The predicted octanol–water partition coefficient (Wildman–Crippen LogP) is 2.64. The van der Waals surface area contributed by atoms with Gasteiger partial charge in [-0.25, -0.2) is 0 Å². The fraction of sp³-hybridized carbons (Fsp3) is 0.300. The Hall–Kier alpha value is -0.650. The van der Waals surface area contributed by atoms with E-state index in [1.165, 1.54) is 4.88 Å². The van der Waals surface area contributed by atoms with Gasteiger partial charge in [0.05, 0.1) is 26.6 Å². The molecule has 0 aliphatic heterocycles. The van der Waals surface area contributed by atoms with Gasteiger partial charge < -0.3 is 5.73 Å². The minimum Gasteiger partial charge on any atom is -0.329 e. The molecule has 0 amide bonds. The van der Waals surface area contributed by atoms with Crippen LogP contribution in [-0.4, -0.2) is 16.3 Å². The summed E-state index contributed by atoms with van der Waals surface area (Å²) in [7, 11) is 0. The summed E-state index contributed by atoms with van der Waals surface area (Å²) in [6.07, 6.45) is 0. The van der Waals surface area contributed by atoms with E-state index in [2.05, 4.69) is 39.2 Å². The van der Waals surface area contributed by atoms with Gasteiger partial charge in [-0.15, -0.1) is 11.3 Å². The maximum Gasteiger partial charge on any atom is 0.0785 e. The summed E-state index contributed by atoms with van der Waals surface area (Å²) < 4.78 is 3.10. The fourth-order valence-electron chi connectivity index (χ4n) is 1.49. The van der Waals surface area contributed by atoms with Gasteiger partial charge in [-0.2, -0.15) is 5.10 Å². The van der Waals surface area contributed by atoms with Crippen LogP contribution in [0.1, 0.15) is 5.69 Å². The number of hydrogen-bond donors (Lipinski definition) is 1. The van der Waals surface area contributed by atoms with Gasteiger partial charge in [-0.1, -0.05) is 0 Å². The molecule has 0 aromatic carbocycles. The van der Waals surface area contributed by atoms with E-state index in [1.807, 2.05) is 11.6 Å². The highest BCUT2D eigenvalue weighted by molar-refractivity contribution is 9.11. The number of thiophene rings is 1. The van der Waals surface area contributed by atoms with Crippen molar-refractivity contribution in [1.82, 2.24) is 9.78 Å². The van der Waals surface area contributed by atoms with E-state index in [1.54, 1.807) is 11.3 Å². The van der Waals surface area contributed by atoms with Crippen LogP contribution in [0.15, 0.2) is 22.0 Å². The second kappa shape index (κ2) is 4.47. The number of nitrogens with zero attached hydrogens (tertiary/aromatic N) is 2. The number of rotatable bonds is 3. The highest BCUT2D eigenvalue weighted by Gasteiger charge is 2.09. The van der Waals surface area contributed by atoms with Crippen LogP contribution in [0.5, 0.6) is 0 Å². The Morgan fingerprint density at radius 2 is 2.33 bits per heavy atom. The molecule has 0 saturated heterocycles. The first-order valence-electron chi connectivity index (χ1n) is 4.71. The van der Waals surface area contributed by atoms with Gasteiger partial charge in [0.15, 0.2) is 0 Å². The normalized spacial score (nSPS) is 10.9. The van der Waals surface area contributed by atoms with Gasteiger partial charge >= 0.3 is 0 Å². The smallest absolute Gasteiger partial charge is 0.0785 e. The lowest BCUT2D eigenvalue weighted by molar-refractivity contribution is 0.627. The van der Waals surface area contributed by atoms with Crippen molar-refractivity contribution < 1.29 is 0 Å². The van der Waals surface area contributed by atoms with E-state index in [9.17, 15) is 0 Å². The highest BCUT2D eigenvalue weighted by atomic mass is 79.9. The standard InChI is InChI=1S/C10H12BrN3S/c1-7-6-8(14(13-7)5-4-12)9-2-3-10(11)15-9/h2-3,6H,4-5,12H2,1H3. The van der Waals surface area contributed by atoms with Gasteiger partial charge in [-0.3, -0.25) is 4.68 Å². The molecule has 15 heavy (non-hydrogen) atoms. The Bertz CT molecular complexity index is 461. The van der Waals surface area contributed by atoms with Crippen molar-refractivity contribution in [3.63, 3.8) is 0 Å². The molecule has 80 valence electrons. The predicted molar refractivity (Wildman–Crippen MR) is 67.0 cm³/mol. The van der Waals surface area contributed by atoms with Gasteiger partial charge in [0.1, 0.15) is 0 Å². The summed E-state index contributed by atoms with van der Waals surface area (Å²) in [5.74, 6) is 0. The second-order valence-electron chi connectivity index (χ2n) is 3.29. The zero-order valence-corrected chi connectivity index (χ0v) is 10.8. The molecule has 0 spiro atoms. The van der Waals surface area contributed by atoms with E-state index < -0.39 is 0 Å². The summed E-state index contributed by atoms with van der Waals surface area (Å²) in [6.45, 7) is 3.37. The van der Waals surface area contributed by atoms with Gasteiger partial charge in [0.2, 0.25) is 0 Å². The SMILES string of the molecule is Cc1cc(-c2ccc(Br)s2)n(CCN)n1. The van der Waals surface area contributed by atoms with Gasteiger partial charge in [-0.05, 0) is 41.1 Å². The van der Waals surface area contributed by atoms with Crippen molar-refractivity contribution >= 4 is 27.3 Å². The van der Waals surface area contributed by atoms with Crippen LogP contribution in [0.3, 0.4) is 0 Å². The molecule has 0 radical (unpaired) electrons. The topological polar surface area (TPSA) is 43.8 Å². The molecule has 0 bridgehead atoms. The van der Waals surface area contributed by atoms with Crippen LogP contribution in [0.25, 0.3) is 10.6 Å². The average Bonchev–Trinajstić information content (AvgIpc) is 2.73. The second-order valence-corrected chi connectivity index (χ2v) is 5.75. The molecule has 2 rings (SSSR count). The number of nitrogens with two attached hydrogens (primary N) is 1. The van der Waals surface area contributed by atoms with Crippen molar-refractivity contribution in [2.75, 3.05) is 6.54 Å². The number of aromatic nitrogens is 2. The third kappa shape index (κ3) is 2.30. The first-order chi connectivity index (χ1) is 7.20. The van der Waals surface area contributed by atoms with Crippen LogP contribution in [0.4, 0.5) is 0 Å². The quantitative estimate of drug-likeness (QED) is 0.942. The zero-order chi connectivity index (χ0) is 10.8. The molecule has 3 nitrogen and oxygen atoms in total. The van der Waals surface area contributed by atoms with E-state index in [-0.39, 0.29) is 0 Å². The zero-order valence-electron chi connectivity index (χ0n) is 8.40. The minimum atomic E-state index is 0.612. The largest absolute Gasteiger partial charge is 0.329 e. The maximum atomic E-state index is 5.56. The number of hydrogen-bond acceptors (Lipinski definition) is 3. The molecule has 2 aromatic rings. The Morgan fingerprint density at radius 1 is 1.53 bits per heavy atom. The molecule has 2 heterocycles. The summed E-state index contributed by atoms with van der Waals surface area (Å²) in [5.41, 5.74) is 7.73. The van der Waals surface area contributed by atoms with Crippen LogP contribution in [0, 0.1) is 6.92 Å². The number of aryl methyl sites for hydroxylation is 1. The molecule has 0 fully saturated rings. The molecule has 0 saturated carbocycles. The first-order valence-corrected chi connectivity index (χ1v) is 6.32. The molecule has 5 heteroatoms. The van der Waals surface area contributed by atoms with Crippen LogP contribution in [-0.2, 0) is 6.54 Å². The van der Waals surface area contributed by atoms with Crippen LogP contribution in [0.2, 0.25) is 0 Å². The molecule has 0 unspecified atom stereocenters. The minimum absolute atomic E-state index is 0.612. The van der Waals surface area contributed by atoms with E-state index in [0.29, 0.717) is 6.54 Å². The Balaban J connectivity index is 2.42. The summed E-state index contributed by atoms with van der Waals surface area (Å²) >= 11 is 5.17. The van der Waals surface area contributed by atoms with Crippen molar-refractivity contribution in [1.29, 1.82) is 0 Å². The van der Waals surface area contributed by atoms with E-state index >= 15 is 0 Å². The molecular weight excluding hydrogens is 274 g/mol. The maximum absolute atomic E-state index is 5.56. The van der Waals surface area contributed by atoms with Crippen molar-refractivity contribution in [3.8, 4) is 10.6 Å². The van der Waals surface area contributed by atoms with Crippen LogP contribution >= 0.6 is 27.3 Å². The van der Waals surface area contributed by atoms with E-state index in [0.717, 1.165) is 21.7 Å². The molecule has 0 aliphatic carbocycles. The van der Waals surface area contributed by atoms with Crippen molar-refractivity contribution in [2.45, 2.75) is 13.5 Å². The Morgan fingerprint density at radius 3 is 2.93 bits per heavy atom. The van der Waals surface area contributed by atoms with Crippen molar-refractivity contribution in [3.05, 3.63) is 27.7 Å². The van der Waals surface area contributed by atoms with E-state index in [4.69, 9.17) is 5.73 Å². The van der Waals surface area contributed by atoms with Crippen molar-refractivity contribution in [2.24, 2.45) is 5.73 Å². The van der Waals surface area contributed by atoms with Gasteiger partial charge in [0, 0.05) is 6.54 Å². The summed E-state index contributed by atoms with van der Waals surface area (Å²) in [6, 6.07) is 6.24. The molecule has 0 aliphatic rings. The third-order valence-electron chi connectivity index (χ3n) is 2.07. The molecule has 2 aromatic heterocycles. The lowest BCUT2D eigenvalue weighted by Gasteiger charge is -2.02. The monoisotopic (exact) mass is 285 g/mol. The fourth-order valence-corrected chi connectivity index (χ4v) is 2.89. The lowest BCUT2D eigenvalue weighted by Crippen LogP contribution is -2.11. The molecule has 0 atom stereocenters. The highest BCUT2D eigenvalue weighted by Crippen LogP contribution is 2.31. The Labute approximate surface area is 101 Å². The average molecular weight is 286 g/mol.